The second kappa shape index (κ2) is 10.8. The number of anilines is 1. The molecule has 0 radical (unpaired) electrons. The number of carbonyl (C=O) groups is 2. The van der Waals surface area contributed by atoms with Crippen LogP contribution in [-0.2, 0) is 16.1 Å². The summed E-state index contributed by atoms with van der Waals surface area (Å²) in [6.45, 7) is 0.0478. The molecule has 9 heteroatoms. The summed E-state index contributed by atoms with van der Waals surface area (Å²) in [6.07, 6.45) is 6.17. The van der Waals surface area contributed by atoms with Gasteiger partial charge in [0.25, 0.3) is 5.91 Å². The number of aliphatic imine (C=N–C) groups is 1. The minimum atomic E-state index is -1.05. The summed E-state index contributed by atoms with van der Waals surface area (Å²) in [5, 5.41) is 14.2. The summed E-state index contributed by atoms with van der Waals surface area (Å²) in [5.41, 5.74) is 3.15. The minimum Gasteiger partial charge on any atom is -0.311 e. The first-order valence-electron chi connectivity index (χ1n) is 12.6. The van der Waals surface area contributed by atoms with Crippen molar-refractivity contribution in [2.24, 2.45) is 10.9 Å². The van der Waals surface area contributed by atoms with Crippen molar-refractivity contribution in [2.45, 2.75) is 57.7 Å². The number of carbonyl (C=O) groups excluding carboxylic acids is 2. The predicted molar refractivity (Wildman–Crippen MR) is 136 cm³/mol. The number of hydrogen-bond acceptors (Lipinski definition) is 6. The van der Waals surface area contributed by atoms with Crippen molar-refractivity contribution in [1.29, 1.82) is 0 Å². The van der Waals surface area contributed by atoms with Gasteiger partial charge in [0.2, 0.25) is 12.1 Å². The van der Waals surface area contributed by atoms with E-state index in [0.29, 0.717) is 23.9 Å². The van der Waals surface area contributed by atoms with Crippen LogP contribution in [0.3, 0.4) is 0 Å². The van der Waals surface area contributed by atoms with Crippen LogP contribution in [-0.4, -0.2) is 56.3 Å². The first-order chi connectivity index (χ1) is 17.6. The highest BCUT2D eigenvalue weighted by molar-refractivity contribution is 6.20. The topological polar surface area (TPSA) is 107 Å². The smallest absolute Gasteiger partial charge is 0.272 e. The highest BCUT2D eigenvalue weighted by Gasteiger charge is 2.37. The molecule has 2 heterocycles. The number of benzodiazepines with no additional fused rings is 1. The summed E-state index contributed by atoms with van der Waals surface area (Å²) in [4.78, 5) is 35.6. The van der Waals surface area contributed by atoms with Crippen LogP contribution in [0.4, 0.5) is 5.69 Å². The number of hydrogen-bond donors (Lipinski definition) is 1. The lowest BCUT2D eigenvalue weighted by Crippen LogP contribution is -2.48. The third-order valence-electron chi connectivity index (χ3n) is 7.18. The SMILES string of the molecule is CN1C(=O)C(N(Cc2nn[nH]n2)C(=O)CCC2CCCCC2)N=C(c2ccccc2)c2ccccc21. The number of amides is 2. The number of nitrogens with zero attached hydrogens (tertiary/aromatic N) is 6. The maximum Gasteiger partial charge on any atom is 0.272 e. The molecule has 9 nitrogen and oxygen atoms in total. The van der Waals surface area contributed by atoms with Gasteiger partial charge in [0, 0.05) is 24.6 Å². The van der Waals surface area contributed by atoms with Gasteiger partial charge in [-0.3, -0.25) is 9.59 Å². The van der Waals surface area contributed by atoms with Gasteiger partial charge >= 0.3 is 0 Å². The number of para-hydroxylation sites is 1. The molecule has 186 valence electrons. The predicted octanol–water partition coefficient (Wildman–Crippen LogP) is 3.73. The van der Waals surface area contributed by atoms with Gasteiger partial charge in [0.1, 0.15) is 0 Å². The van der Waals surface area contributed by atoms with E-state index < -0.39 is 6.17 Å². The molecule has 1 fully saturated rings. The van der Waals surface area contributed by atoms with Crippen LogP contribution in [0.15, 0.2) is 59.6 Å². The Morgan fingerprint density at radius 1 is 1.06 bits per heavy atom. The lowest BCUT2D eigenvalue weighted by molar-refractivity contribution is -0.140. The zero-order valence-electron chi connectivity index (χ0n) is 20.5. The molecule has 0 bridgehead atoms. The fourth-order valence-electron chi connectivity index (χ4n) is 5.19. The number of nitrogens with one attached hydrogen (secondary N) is 1. The number of tetrazole rings is 1. The second-order valence-corrected chi connectivity index (χ2v) is 9.52. The number of aromatic amines is 1. The summed E-state index contributed by atoms with van der Waals surface area (Å²) in [6, 6.07) is 17.5. The van der Waals surface area contributed by atoms with Crippen molar-refractivity contribution in [3.05, 3.63) is 71.5 Å². The third kappa shape index (κ3) is 5.05. The summed E-state index contributed by atoms with van der Waals surface area (Å²) < 4.78 is 0. The van der Waals surface area contributed by atoms with Crippen molar-refractivity contribution in [3.63, 3.8) is 0 Å². The van der Waals surface area contributed by atoms with Crippen molar-refractivity contribution in [3.8, 4) is 0 Å². The van der Waals surface area contributed by atoms with Gasteiger partial charge in [0.05, 0.1) is 17.9 Å². The van der Waals surface area contributed by atoms with Crippen molar-refractivity contribution < 1.29 is 9.59 Å². The number of aromatic nitrogens is 4. The Bertz CT molecular complexity index is 1220. The van der Waals surface area contributed by atoms with Gasteiger partial charge < -0.3 is 9.80 Å². The molecule has 1 atom stereocenters. The van der Waals surface area contributed by atoms with Gasteiger partial charge in [-0.15, -0.1) is 10.2 Å². The maximum absolute atomic E-state index is 13.8. The van der Waals surface area contributed by atoms with Crippen molar-refractivity contribution in [2.75, 3.05) is 11.9 Å². The minimum absolute atomic E-state index is 0.0478. The average Bonchev–Trinajstić information content (AvgIpc) is 3.42. The number of fused-ring (bicyclic) bond motifs is 1. The van der Waals surface area contributed by atoms with Crippen LogP contribution in [0.5, 0.6) is 0 Å². The largest absolute Gasteiger partial charge is 0.311 e. The van der Waals surface area contributed by atoms with E-state index in [0.717, 1.165) is 36.1 Å². The molecule has 1 N–H and O–H groups in total. The van der Waals surface area contributed by atoms with E-state index in [2.05, 4.69) is 20.6 Å². The molecule has 5 rings (SSSR count). The number of likely N-dealkylation sites (N-methyl/N-ethyl adjacent to an activating group) is 1. The Hall–Kier alpha value is -3.88. The molecule has 1 aliphatic carbocycles. The van der Waals surface area contributed by atoms with Crippen LogP contribution in [0.25, 0.3) is 0 Å². The first kappa shape index (κ1) is 23.8. The Kier molecular flexibility index (Phi) is 7.16. The molecule has 2 aromatic carbocycles. The van der Waals surface area contributed by atoms with E-state index in [1.807, 2.05) is 54.6 Å². The molecular formula is C27H31N7O2. The molecule has 1 unspecified atom stereocenters. The fourth-order valence-corrected chi connectivity index (χ4v) is 5.19. The Labute approximate surface area is 210 Å². The molecule has 0 spiro atoms. The van der Waals surface area contributed by atoms with E-state index in [1.165, 1.54) is 24.2 Å². The van der Waals surface area contributed by atoms with Crippen molar-refractivity contribution in [1.82, 2.24) is 25.5 Å². The fraction of sp³-hybridized carbons (Fsp3) is 0.407. The van der Waals surface area contributed by atoms with Crippen LogP contribution < -0.4 is 4.90 Å². The van der Waals surface area contributed by atoms with Crippen molar-refractivity contribution >= 4 is 23.2 Å². The molecule has 36 heavy (non-hydrogen) atoms. The average molecular weight is 486 g/mol. The monoisotopic (exact) mass is 485 g/mol. The molecule has 1 aromatic heterocycles. The summed E-state index contributed by atoms with van der Waals surface area (Å²) in [5.74, 6) is 0.492. The summed E-state index contributed by atoms with van der Waals surface area (Å²) in [7, 11) is 1.73. The quantitative estimate of drug-likeness (QED) is 0.549. The molecule has 0 saturated heterocycles. The zero-order valence-corrected chi connectivity index (χ0v) is 20.5. The molecule has 3 aromatic rings. The zero-order chi connectivity index (χ0) is 24.9. The first-order valence-corrected chi connectivity index (χ1v) is 12.6. The van der Waals surface area contributed by atoms with E-state index >= 15 is 0 Å². The normalized spacial score (nSPS) is 18.4. The lowest BCUT2D eigenvalue weighted by atomic mass is 9.86. The standard InChI is InChI=1S/C27H31N7O2/c1-33-22-15-9-8-14-21(22)25(20-12-6-3-7-13-20)28-26(27(33)36)34(18-23-29-31-32-30-23)24(35)17-16-19-10-4-2-5-11-19/h3,6-9,12-15,19,26H,2,4-5,10-11,16-18H2,1H3,(H,29,30,31,32). The maximum atomic E-state index is 13.8. The third-order valence-corrected chi connectivity index (χ3v) is 7.18. The van der Waals surface area contributed by atoms with Gasteiger partial charge in [-0.25, -0.2) is 4.99 Å². The number of rotatable bonds is 7. The van der Waals surface area contributed by atoms with Gasteiger partial charge in [-0.2, -0.15) is 5.21 Å². The van der Waals surface area contributed by atoms with Crippen LogP contribution >= 0.6 is 0 Å². The molecule has 1 saturated carbocycles. The van der Waals surface area contributed by atoms with Crippen LogP contribution in [0, 0.1) is 5.92 Å². The van der Waals surface area contributed by atoms with Crippen LogP contribution in [0.2, 0.25) is 0 Å². The van der Waals surface area contributed by atoms with Gasteiger partial charge in [-0.05, 0) is 18.4 Å². The Morgan fingerprint density at radius 2 is 1.81 bits per heavy atom. The molecule has 1 aliphatic heterocycles. The molecule has 2 aliphatic rings. The van der Waals surface area contributed by atoms with Crippen LogP contribution in [0.1, 0.15) is 61.9 Å². The number of H-pyrrole nitrogens is 1. The highest BCUT2D eigenvalue weighted by Crippen LogP contribution is 2.30. The van der Waals surface area contributed by atoms with E-state index in [-0.39, 0.29) is 18.4 Å². The second-order valence-electron chi connectivity index (χ2n) is 9.52. The molecular weight excluding hydrogens is 454 g/mol. The van der Waals surface area contributed by atoms with E-state index in [1.54, 1.807) is 11.9 Å². The molecule has 2 amide bonds. The lowest BCUT2D eigenvalue weighted by Gasteiger charge is -2.30. The highest BCUT2D eigenvalue weighted by atomic mass is 16.2. The summed E-state index contributed by atoms with van der Waals surface area (Å²) >= 11 is 0. The van der Waals surface area contributed by atoms with E-state index in [9.17, 15) is 9.59 Å². The Morgan fingerprint density at radius 3 is 2.56 bits per heavy atom. The van der Waals surface area contributed by atoms with E-state index in [4.69, 9.17) is 4.99 Å². The van der Waals surface area contributed by atoms with Gasteiger partial charge in [0.15, 0.2) is 5.82 Å². The van der Waals surface area contributed by atoms with Gasteiger partial charge in [-0.1, -0.05) is 85.8 Å². The Balaban J connectivity index is 1.53. The number of benzene rings is 2.